The third-order valence-corrected chi connectivity index (χ3v) is 11.8. The molecule has 2 aliphatic rings. The number of rotatable bonds is 16. The molecule has 1 unspecified atom stereocenters. The van der Waals surface area contributed by atoms with E-state index in [4.69, 9.17) is 4.74 Å². The quantitative estimate of drug-likeness (QED) is 0.0701. The van der Waals surface area contributed by atoms with Crippen LogP contribution in [0.25, 0.3) is 22.0 Å². The van der Waals surface area contributed by atoms with Crippen molar-refractivity contribution in [3.8, 4) is 16.9 Å². The Morgan fingerprint density at radius 1 is 0.950 bits per heavy atom. The van der Waals surface area contributed by atoms with E-state index < -0.39 is 0 Å². The van der Waals surface area contributed by atoms with E-state index in [-0.39, 0.29) is 36.9 Å². The molecule has 0 fully saturated rings. The number of nitrogens with zero attached hydrogens (tertiary/aromatic N) is 4. The molecule has 0 bridgehead atoms. The minimum Gasteiger partial charge on any atom is -0.489 e. The van der Waals surface area contributed by atoms with E-state index in [0.717, 1.165) is 108 Å². The lowest BCUT2D eigenvalue weighted by Gasteiger charge is -2.29. The number of carbonyl (C=O) groups excluding carboxylic acids is 3. The highest BCUT2D eigenvalue weighted by molar-refractivity contribution is 6.05. The number of anilines is 1. The fraction of sp³-hybridized carbons (Fsp3) is 0.388. The Hall–Kier alpha value is -5.78. The van der Waals surface area contributed by atoms with E-state index in [9.17, 15) is 19.5 Å². The molecule has 1 atom stereocenters. The summed E-state index contributed by atoms with van der Waals surface area (Å²) in [6.45, 7) is 11.7. The average Bonchev–Trinajstić information content (AvgIpc) is 3.59. The normalized spacial score (nSPS) is 15.4. The molecule has 2 aliphatic heterocycles. The molecule has 11 nitrogen and oxygen atoms in total. The summed E-state index contributed by atoms with van der Waals surface area (Å²) >= 11 is 0. The number of fused-ring (bicyclic) bond motifs is 3. The molecule has 60 heavy (non-hydrogen) atoms. The second-order valence-corrected chi connectivity index (χ2v) is 16.6. The molecule has 3 N–H and O–H groups in total. The van der Waals surface area contributed by atoms with E-state index in [1.54, 1.807) is 17.7 Å². The molecule has 0 saturated carbocycles. The van der Waals surface area contributed by atoms with Gasteiger partial charge in [0.25, 0.3) is 5.91 Å². The number of hydrogen-bond acceptors (Lipinski definition) is 8. The Labute approximate surface area is 353 Å². The minimum atomic E-state index is -0.301. The number of aliphatic hydroxyl groups is 1. The number of carbonyl (C=O) groups is 3. The van der Waals surface area contributed by atoms with Gasteiger partial charge in [0.15, 0.2) is 0 Å². The molecule has 0 aliphatic carbocycles. The second kappa shape index (κ2) is 19.5. The second-order valence-electron chi connectivity index (χ2n) is 16.6. The average molecular weight is 811 g/mol. The van der Waals surface area contributed by atoms with E-state index >= 15 is 0 Å². The van der Waals surface area contributed by atoms with Crippen molar-refractivity contribution in [2.75, 3.05) is 38.2 Å². The lowest BCUT2D eigenvalue weighted by atomic mass is 9.93. The maximum absolute atomic E-state index is 12.8. The van der Waals surface area contributed by atoms with Crippen LogP contribution in [-0.2, 0) is 42.1 Å². The zero-order valence-electron chi connectivity index (χ0n) is 35.3. The van der Waals surface area contributed by atoms with Crippen LogP contribution in [0, 0.1) is 6.92 Å². The first kappa shape index (κ1) is 42.3. The standard InChI is InChI=1S/C49H58N6O5/c1-33(2)49(59)55-28-34(3)48-43(26-50-27-45(48)55)38-15-16-40-29-54(21-19-37(40)22-38)20-9-7-5-6-8-10-46(57)51-25-35-11-13-36(14-12-35)32-60-42-18-17-39-23-41(31-56)52-47(58)30-53(4)44(39)24-42/h11-18,22,24,26-28,41,56H,1,5-10,19-21,23,25,29-32H2,2-4H3,(H,51,57)(H,52,58). The summed E-state index contributed by atoms with van der Waals surface area (Å²) in [4.78, 5) is 46.6. The number of hydrogen-bond donors (Lipinski definition) is 3. The summed E-state index contributed by atoms with van der Waals surface area (Å²) in [7, 11) is 1.88. The van der Waals surface area contributed by atoms with Crippen LogP contribution in [0.1, 0.15) is 83.6 Å². The Bertz CT molecular complexity index is 2350. The number of amides is 2. The van der Waals surface area contributed by atoms with Crippen LogP contribution in [0.2, 0.25) is 0 Å². The summed E-state index contributed by atoms with van der Waals surface area (Å²) in [5.41, 5.74) is 11.4. The maximum atomic E-state index is 12.8. The van der Waals surface area contributed by atoms with E-state index in [2.05, 4.69) is 45.3 Å². The maximum Gasteiger partial charge on any atom is 0.257 e. The van der Waals surface area contributed by atoms with Gasteiger partial charge in [-0.25, -0.2) is 0 Å². The highest BCUT2D eigenvalue weighted by atomic mass is 16.5. The van der Waals surface area contributed by atoms with Crippen LogP contribution in [0.5, 0.6) is 5.75 Å². The molecule has 0 spiro atoms. The van der Waals surface area contributed by atoms with Crippen LogP contribution in [0.3, 0.4) is 0 Å². The number of benzene rings is 3. The van der Waals surface area contributed by atoms with Gasteiger partial charge in [-0.05, 0) is 91.1 Å². The molecular weight excluding hydrogens is 753 g/mol. The largest absolute Gasteiger partial charge is 0.489 e. The van der Waals surface area contributed by atoms with Crippen molar-refractivity contribution in [2.24, 2.45) is 0 Å². The van der Waals surface area contributed by atoms with Crippen molar-refractivity contribution in [2.45, 2.75) is 91.0 Å². The monoisotopic (exact) mass is 810 g/mol. The molecule has 5 aromatic rings. The molecule has 314 valence electrons. The summed E-state index contributed by atoms with van der Waals surface area (Å²) in [6, 6.07) is 20.4. The number of aliphatic hydroxyl groups excluding tert-OH is 1. The summed E-state index contributed by atoms with van der Waals surface area (Å²) in [5, 5.41) is 16.6. The first-order valence-corrected chi connectivity index (χ1v) is 21.3. The Kier molecular flexibility index (Phi) is 13.8. The summed E-state index contributed by atoms with van der Waals surface area (Å²) in [6.07, 6.45) is 13.1. The zero-order valence-corrected chi connectivity index (χ0v) is 35.3. The van der Waals surface area contributed by atoms with Crippen LogP contribution in [0.4, 0.5) is 5.69 Å². The van der Waals surface area contributed by atoms with Crippen molar-refractivity contribution >= 4 is 34.3 Å². The topological polar surface area (TPSA) is 129 Å². The van der Waals surface area contributed by atoms with Crippen molar-refractivity contribution < 1.29 is 24.2 Å². The van der Waals surface area contributed by atoms with Gasteiger partial charge in [-0.15, -0.1) is 0 Å². The van der Waals surface area contributed by atoms with Crippen molar-refractivity contribution in [1.82, 2.24) is 25.1 Å². The summed E-state index contributed by atoms with van der Waals surface area (Å²) < 4.78 is 7.76. The van der Waals surface area contributed by atoms with Crippen molar-refractivity contribution in [3.05, 3.63) is 125 Å². The third kappa shape index (κ3) is 10.3. The summed E-state index contributed by atoms with van der Waals surface area (Å²) in [5.74, 6) is 0.580. The Morgan fingerprint density at radius 2 is 1.72 bits per heavy atom. The number of unbranched alkanes of at least 4 members (excludes halogenated alkanes) is 4. The predicted molar refractivity (Wildman–Crippen MR) is 237 cm³/mol. The van der Waals surface area contributed by atoms with Crippen LogP contribution < -0.4 is 20.3 Å². The van der Waals surface area contributed by atoms with Crippen molar-refractivity contribution in [1.29, 1.82) is 0 Å². The zero-order chi connectivity index (χ0) is 42.2. The van der Waals surface area contributed by atoms with Gasteiger partial charge in [-0.2, -0.15) is 0 Å². The Balaban J connectivity index is 0.777. The molecule has 2 aromatic heterocycles. The first-order chi connectivity index (χ1) is 29.1. The van der Waals surface area contributed by atoms with Gasteiger partial charge in [-0.1, -0.05) is 74.4 Å². The highest BCUT2D eigenvalue weighted by Gasteiger charge is 2.23. The van der Waals surface area contributed by atoms with Gasteiger partial charge in [0.2, 0.25) is 11.8 Å². The Morgan fingerprint density at radius 3 is 2.52 bits per heavy atom. The third-order valence-electron chi connectivity index (χ3n) is 11.8. The molecule has 7 rings (SSSR count). The number of pyridine rings is 1. The number of likely N-dealkylation sites (N-methyl/N-ethyl adjacent to an activating group) is 1. The molecule has 2 amide bonds. The van der Waals surface area contributed by atoms with Crippen molar-refractivity contribution in [3.63, 3.8) is 0 Å². The number of nitrogens with one attached hydrogen (secondary N) is 2. The lowest BCUT2D eigenvalue weighted by molar-refractivity contribution is -0.122. The SMILES string of the molecule is C=C(C)C(=O)n1cc(C)c2c(-c3ccc4c(c3)CCN(CCCCCCCC(=O)NCc3ccc(COc5ccc6c(c5)N(C)CC(=O)NC(CO)C6)cc3)C4)cncc21. The smallest absolute Gasteiger partial charge is 0.257 e. The van der Waals surface area contributed by atoms with Gasteiger partial charge in [0.1, 0.15) is 12.4 Å². The van der Waals surface area contributed by atoms with Gasteiger partial charge < -0.3 is 25.4 Å². The van der Waals surface area contributed by atoms with Crippen LogP contribution in [-0.4, -0.2) is 76.6 Å². The van der Waals surface area contributed by atoms with Gasteiger partial charge in [-0.3, -0.25) is 28.8 Å². The predicted octanol–water partition coefficient (Wildman–Crippen LogP) is 7.29. The lowest BCUT2D eigenvalue weighted by Crippen LogP contribution is -2.46. The van der Waals surface area contributed by atoms with Gasteiger partial charge in [0, 0.05) is 73.8 Å². The van der Waals surface area contributed by atoms with E-state index in [0.29, 0.717) is 37.3 Å². The number of aryl methyl sites for hydroxylation is 1. The molecular formula is C49H58N6O5. The van der Waals surface area contributed by atoms with E-state index in [1.807, 2.05) is 73.7 Å². The number of ether oxygens (including phenoxy) is 1. The van der Waals surface area contributed by atoms with Crippen LogP contribution >= 0.6 is 0 Å². The fourth-order valence-electron chi connectivity index (χ4n) is 8.46. The van der Waals surface area contributed by atoms with Crippen LogP contribution in [0.15, 0.2) is 91.4 Å². The van der Waals surface area contributed by atoms with Gasteiger partial charge >= 0.3 is 0 Å². The molecule has 0 radical (unpaired) electrons. The minimum absolute atomic E-state index is 0.0867. The highest BCUT2D eigenvalue weighted by Crippen LogP contribution is 2.34. The first-order valence-electron chi connectivity index (χ1n) is 21.3. The molecule has 3 aromatic carbocycles. The van der Waals surface area contributed by atoms with Gasteiger partial charge in [0.05, 0.1) is 30.9 Å². The molecule has 0 saturated heterocycles. The number of aromatic nitrogens is 2. The molecule has 11 heteroatoms. The van der Waals surface area contributed by atoms with E-state index in [1.165, 1.54) is 11.1 Å². The number of allylic oxidation sites excluding steroid dienone is 1. The molecule has 4 heterocycles. The fourth-order valence-corrected chi connectivity index (χ4v) is 8.46.